The van der Waals surface area contributed by atoms with Gasteiger partial charge in [-0.05, 0) is 43.2 Å². The Kier molecular flexibility index (Phi) is 5.19. The van der Waals surface area contributed by atoms with Crippen LogP contribution >= 0.6 is 0 Å². The van der Waals surface area contributed by atoms with Crippen LogP contribution in [-0.4, -0.2) is 47.8 Å². The number of nitrogens with zero attached hydrogens (tertiary/aromatic N) is 3. The van der Waals surface area contributed by atoms with Gasteiger partial charge in [-0.1, -0.05) is 23.8 Å². The Hall–Kier alpha value is -2.83. The van der Waals surface area contributed by atoms with E-state index >= 15 is 0 Å². The molecule has 2 aliphatic heterocycles. The third-order valence-corrected chi connectivity index (χ3v) is 5.86. The summed E-state index contributed by atoms with van der Waals surface area (Å²) in [6.07, 6.45) is 1.80. The molecule has 0 atom stereocenters. The Labute approximate surface area is 177 Å². The fourth-order valence-corrected chi connectivity index (χ4v) is 4.19. The fourth-order valence-electron chi connectivity index (χ4n) is 4.19. The van der Waals surface area contributed by atoms with Crippen molar-refractivity contribution in [2.75, 3.05) is 33.0 Å². The molecule has 5 rings (SSSR count). The zero-order chi connectivity index (χ0) is 20.5. The first kappa shape index (κ1) is 19.2. The molecule has 156 valence electrons. The molecule has 6 nitrogen and oxygen atoms in total. The van der Waals surface area contributed by atoms with Gasteiger partial charge in [-0.2, -0.15) is 0 Å². The second-order valence-electron chi connectivity index (χ2n) is 8.20. The number of hydrogen-bond donors (Lipinski definition) is 0. The van der Waals surface area contributed by atoms with Gasteiger partial charge in [-0.15, -0.1) is 0 Å². The minimum atomic E-state index is 0.324. The van der Waals surface area contributed by atoms with Crippen molar-refractivity contribution in [2.45, 2.75) is 26.9 Å². The molecule has 0 amide bonds. The quantitative estimate of drug-likeness (QED) is 0.639. The Balaban J connectivity index is 1.15. The predicted octanol–water partition coefficient (Wildman–Crippen LogP) is 4.00. The van der Waals surface area contributed by atoms with E-state index in [4.69, 9.17) is 18.9 Å². The van der Waals surface area contributed by atoms with Crippen LogP contribution in [0.2, 0.25) is 0 Å². The second kappa shape index (κ2) is 8.13. The van der Waals surface area contributed by atoms with Gasteiger partial charge in [0.2, 0.25) is 12.7 Å². The van der Waals surface area contributed by atoms with Crippen molar-refractivity contribution in [3.63, 3.8) is 0 Å². The summed E-state index contributed by atoms with van der Waals surface area (Å²) in [5.41, 5.74) is 5.78. The summed E-state index contributed by atoms with van der Waals surface area (Å²) in [7, 11) is 0. The lowest BCUT2D eigenvalue weighted by molar-refractivity contribution is 0.121. The van der Waals surface area contributed by atoms with Crippen LogP contribution in [0.25, 0.3) is 11.5 Å². The normalized spacial score (nSPS) is 16.9. The summed E-state index contributed by atoms with van der Waals surface area (Å²) >= 11 is 0. The smallest absolute Gasteiger partial charge is 0.231 e. The van der Waals surface area contributed by atoms with Crippen molar-refractivity contribution < 1.29 is 13.9 Å². The molecule has 2 aromatic carbocycles. The third-order valence-electron chi connectivity index (χ3n) is 5.86. The standard InChI is InChI=1S/C24H27N3O3/c1-17-3-5-21(18(2)11-17)24-25-20(15-28-24)14-27-9-7-26(8-10-27)13-19-4-6-22-23(12-19)30-16-29-22/h3-6,11-12,15H,7-10,13-14,16H2,1-2H3. The SMILES string of the molecule is Cc1ccc(-c2nc(CN3CCN(Cc4ccc5c(c4)OCO5)CC3)co2)c(C)c1. The summed E-state index contributed by atoms with van der Waals surface area (Å²) in [5, 5.41) is 0. The van der Waals surface area contributed by atoms with E-state index in [0.717, 1.165) is 62.0 Å². The van der Waals surface area contributed by atoms with Gasteiger partial charge < -0.3 is 13.9 Å². The van der Waals surface area contributed by atoms with Crippen molar-refractivity contribution in [1.82, 2.24) is 14.8 Å². The molecule has 2 aliphatic rings. The topological polar surface area (TPSA) is 51.0 Å². The zero-order valence-corrected chi connectivity index (χ0v) is 17.6. The van der Waals surface area contributed by atoms with Gasteiger partial charge in [-0.3, -0.25) is 9.80 Å². The molecule has 1 aromatic heterocycles. The Morgan fingerprint density at radius 1 is 0.867 bits per heavy atom. The molecule has 0 bridgehead atoms. The first-order chi connectivity index (χ1) is 14.6. The van der Waals surface area contributed by atoms with E-state index in [1.165, 1.54) is 16.7 Å². The third kappa shape index (κ3) is 4.06. The summed E-state index contributed by atoms with van der Waals surface area (Å²) in [5.74, 6) is 2.41. The lowest BCUT2D eigenvalue weighted by atomic mass is 10.1. The van der Waals surface area contributed by atoms with Gasteiger partial charge in [0.15, 0.2) is 11.5 Å². The van der Waals surface area contributed by atoms with E-state index in [1.54, 1.807) is 6.26 Å². The van der Waals surface area contributed by atoms with Crippen molar-refractivity contribution in [3.05, 3.63) is 65.0 Å². The van der Waals surface area contributed by atoms with Gasteiger partial charge in [0.25, 0.3) is 0 Å². The minimum Gasteiger partial charge on any atom is -0.454 e. The van der Waals surface area contributed by atoms with Gasteiger partial charge in [0, 0.05) is 44.8 Å². The first-order valence-corrected chi connectivity index (χ1v) is 10.5. The number of hydrogen-bond acceptors (Lipinski definition) is 6. The molecular weight excluding hydrogens is 378 g/mol. The lowest BCUT2D eigenvalue weighted by Gasteiger charge is -2.34. The van der Waals surface area contributed by atoms with E-state index in [2.05, 4.69) is 54.0 Å². The maximum Gasteiger partial charge on any atom is 0.231 e. The van der Waals surface area contributed by atoms with Gasteiger partial charge in [0.1, 0.15) is 6.26 Å². The monoisotopic (exact) mass is 405 g/mol. The molecule has 6 heteroatoms. The Morgan fingerprint density at radius 3 is 2.43 bits per heavy atom. The van der Waals surface area contributed by atoms with E-state index < -0.39 is 0 Å². The number of rotatable bonds is 5. The highest BCUT2D eigenvalue weighted by Gasteiger charge is 2.20. The van der Waals surface area contributed by atoms with E-state index in [0.29, 0.717) is 12.7 Å². The van der Waals surface area contributed by atoms with Crippen LogP contribution in [0, 0.1) is 13.8 Å². The van der Waals surface area contributed by atoms with Crippen LogP contribution in [0.1, 0.15) is 22.4 Å². The van der Waals surface area contributed by atoms with Gasteiger partial charge in [0.05, 0.1) is 5.69 Å². The maximum atomic E-state index is 5.78. The fraction of sp³-hybridized carbons (Fsp3) is 0.375. The highest BCUT2D eigenvalue weighted by Crippen LogP contribution is 2.33. The number of aromatic nitrogens is 1. The molecule has 0 unspecified atom stereocenters. The highest BCUT2D eigenvalue weighted by atomic mass is 16.7. The van der Waals surface area contributed by atoms with E-state index in [1.807, 2.05) is 6.07 Å². The van der Waals surface area contributed by atoms with Crippen LogP contribution in [0.5, 0.6) is 11.5 Å². The summed E-state index contributed by atoms with van der Waals surface area (Å²) in [6, 6.07) is 12.6. The molecule has 0 saturated carbocycles. The first-order valence-electron chi connectivity index (χ1n) is 10.5. The Bertz CT molecular complexity index is 1040. The number of aryl methyl sites for hydroxylation is 2. The maximum absolute atomic E-state index is 5.78. The molecule has 3 aromatic rings. The molecule has 0 N–H and O–H groups in total. The number of ether oxygens (including phenoxy) is 2. The van der Waals surface area contributed by atoms with Gasteiger partial charge in [-0.25, -0.2) is 4.98 Å². The molecule has 1 fully saturated rings. The van der Waals surface area contributed by atoms with Crippen molar-refractivity contribution in [2.24, 2.45) is 0 Å². The van der Waals surface area contributed by atoms with Crippen LogP contribution in [0.3, 0.4) is 0 Å². The summed E-state index contributed by atoms with van der Waals surface area (Å²) in [6.45, 7) is 10.4. The molecular formula is C24H27N3O3. The molecule has 0 spiro atoms. The minimum absolute atomic E-state index is 0.324. The molecule has 0 radical (unpaired) electrons. The largest absolute Gasteiger partial charge is 0.454 e. The van der Waals surface area contributed by atoms with Gasteiger partial charge >= 0.3 is 0 Å². The van der Waals surface area contributed by atoms with E-state index in [-0.39, 0.29) is 0 Å². The predicted molar refractivity (Wildman–Crippen MR) is 115 cm³/mol. The van der Waals surface area contributed by atoms with Crippen molar-refractivity contribution in [1.29, 1.82) is 0 Å². The second-order valence-corrected chi connectivity index (χ2v) is 8.20. The van der Waals surface area contributed by atoms with Crippen LogP contribution in [-0.2, 0) is 13.1 Å². The number of oxazole rings is 1. The molecule has 0 aliphatic carbocycles. The van der Waals surface area contributed by atoms with Crippen molar-refractivity contribution >= 4 is 0 Å². The lowest BCUT2D eigenvalue weighted by Crippen LogP contribution is -2.45. The zero-order valence-electron chi connectivity index (χ0n) is 17.6. The molecule has 30 heavy (non-hydrogen) atoms. The summed E-state index contributed by atoms with van der Waals surface area (Å²) in [4.78, 5) is 9.67. The van der Waals surface area contributed by atoms with Crippen molar-refractivity contribution in [3.8, 4) is 23.0 Å². The van der Waals surface area contributed by atoms with Crippen LogP contribution < -0.4 is 9.47 Å². The number of fused-ring (bicyclic) bond motifs is 1. The average Bonchev–Trinajstić information content (AvgIpc) is 3.38. The number of piperazine rings is 1. The highest BCUT2D eigenvalue weighted by molar-refractivity contribution is 5.59. The van der Waals surface area contributed by atoms with E-state index in [9.17, 15) is 0 Å². The molecule has 3 heterocycles. The number of benzene rings is 2. The summed E-state index contributed by atoms with van der Waals surface area (Å²) < 4.78 is 16.7. The van der Waals surface area contributed by atoms with Crippen LogP contribution in [0.4, 0.5) is 0 Å². The molecule has 1 saturated heterocycles. The Morgan fingerprint density at radius 2 is 1.63 bits per heavy atom. The average molecular weight is 405 g/mol. The van der Waals surface area contributed by atoms with Crippen LogP contribution in [0.15, 0.2) is 47.1 Å².